The predicted molar refractivity (Wildman–Crippen MR) is 143 cm³/mol. The van der Waals surface area contributed by atoms with E-state index in [0.717, 1.165) is 44.0 Å². The highest BCUT2D eigenvalue weighted by atomic mass is 16.5. The number of pyridine rings is 1. The summed E-state index contributed by atoms with van der Waals surface area (Å²) in [5.41, 5.74) is 3.47. The first-order valence-electron chi connectivity index (χ1n) is 14.3. The van der Waals surface area contributed by atoms with Gasteiger partial charge in [-0.2, -0.15) is 0 Å². The van der Waals surface area contributed by atoms with Crippen molar-refractivity contribution in [2.45, 2.75) is 81.8 Å². The molecule has 4 aliphatic carbocycles. The van der Waals surface area contributed by atoms with E-state index in [1.165, 1.54) is 42.9 Å². The van der Waals surface area contributed by atoms with Crippen LogP contribution in [0.15, 0.2) is 41.2 Å². The van der Waals surface area contributed by atoms with Crippen LogP contribution in [0.25, 0.3) is 0 Å². The van der Waals surface area contributed by atoms with E-state index in [0.29, 0.717) is 23.6 Å². The van der Waals surface area contributed by atoms with Crippen molar-refractivity contribution in [2.24, 2.45) is 17.3 Å². The molecule has 1 saturated heterocycles. The Morgan fingerprint density at radius 2 is 2.00 bits per heavy atom. The number of nitrogens with zero attached hydrogens (tertiary/aromatic N) is 2. The molecule has 4 bridgehead atoms. The van der Waals surface area contributed by atoms with E-state index in [2.05, 4.69) is 35.0 Å². The van der Waals surface area contributed by atoms with Gasteiger partial charge in [0.25, 0.3) is 5.91 Å². The number of carbonyl (C=O) groups is 1. The first-order valence-corrected chi connectivity index (χ1v) is 14.3. The van der Waals surface area contributed by atoms with Gasteiger partial charge in [0, 0.05) is 36.7 Å². The molecule has 196 valence electrons. The fourth-order valence-electron chi connectivity index (χ4n) is 10.00. The second kappa shape index (κ2) is 8.20. The summed E-state index contributed by atoms with van der Waals surface area (Å²) >= 11 is 0. The van der Waals surface area contributed by atoms with Crippen molar-refractivity contribution >= 4 is 5.91 Å². The van der Waals surface area contributed by atoms with Crippen molar-refractivity contribution in [1.82, 2.24) is 14.8 Å². The number of hydrogen-bond acceptors (Lipinski definition) is 4. The molecule has 2 heterocycles. The number of aromatic amines is 1. The highest BCUT2D eigenvalue weighted by Crippen LogP contribution is 2.74. The lowest BCUT2D eigenvalue weighted by molar-refractivity contribution is -0.124. The zero-order valence-electron chi connectivity index (χ0n) is 22.3. The molecule has 0 spiro atoms. The summed E-state index contributed by atoms with van der Waals surface area (Å²) in [4.78, 5) is 33.3. The summed E-state index contributed by atoms with van der Waals surface area (Å²) in [6.07, 6.45) is 9.80. The second-order valence-corrected chi connectivity index (χ2v) is 12.6. The van der Waals surface area contributed by atoms with Gasteiger partial charge in [0.1, 0.15) is 11.4 Å². The fraction of sp³-hybridized carbons (Fsp3) is 0.613. The van der Waals surface area contributed by atoms with Crippen molar-refractivity contribution in [3.63, 3.8) is 0 Å². The molecule has 1 aromatic carbocycles. The Hall–Kier alpha value is -2.60. The van der Waals surface area contributed by atoms with Gasteiger partial charge in [-0.05, 0) is 98.1 Å². The molecule has 1 N–H and O–H groups in total. The number of amides is 1. The standard InChI is InChI=1S/C31H39N3O3/c1-19-18-30-13-12-25(33(2)29(36)24-8-5-9-27(35)32-24)28(19)31(30)14-15-34(21-6-4-7-21)26(30)16-20-10-11-22(37-3)17-23(20)31/h5,8-11,17,19,21,25-26,28H,4,6-7,12-16,18H2,1-3H3,(H,32,35)/t19-,25?,26?,28?,30?,31?/m0/s1. The maximum Gasteiger partial charge on any atom is 0.270 e. The number of methoxy groups -OCH3 is 1. The molecular formula is C31H39N3O3. The van der Waals surface area contributed by atoms with Gasteiger partial charge in [0.05, 0.1) is 7.11 Å². The van der Waals surface area contributed by atoms with Gasteiger partial charge in [0.2, 0.25) is 5.56 Å². The van der Waals surface area contributed by atoms with Gasteiger partial charge in [-0.1, -0.05) is 25.5 Å². The van der Waals surface area contributed by atoms with Crippen LogP contribution in [0.5, 0.6) is 5.75 Å². The van der Waals surface area contributed by atoms with Crippen LogP contribution in [0.3, 0.4) is 0 Å². The number of likely N-dealkylation sites (tertiary alicyclic amines) is 1. The SMILES string of the molecule is COc1ccc2c(c1)C13CCN(C4CCC4)C(C2)C12CCC(N(C)C(=O)c1cccc(=O)[nH]1)C3[C@@H](C)C2. The Bertz CT molecular complexity index is 1300. The van der Waals surface area contributed by atoms with Gasteiger partial charge >= 0.3 is 0 Å². The van der Waals surface area contributed by atoms with E-state index in [-0.39, 0.29) is 28.3 Å². The normalized spacial score (nSPS) is 36.3. The van der Waals surface area contributed by atoms with Gasteiger partial charge in [-0.15, -0.1) is 0 Å². The van der Waals surface area contributed by atoms with Crippen LogP contribution in [-0.2, 0) is 11.8 Å². The lowest BCUT2D eigenvalue weighted by Gasteiger charge is -2.68. The Balaban J connectivity index is 1.36. The van der Waals surface area contributed by atoms with E-state index in [1.807, 2.05) is 11.9 Å². The molecule has 5 aliphatic rings. The largest absolute Gasteiger partial charge is 0.497 e. The maximum atomic E-state index is 13.7. The minimum absolute atomic E-state index is 0.0566. The monoisotopic (exact) mass is 501 g/mol. The Labute approximate surface area is 219 Å². The number of ether oxygens (including phenoxy) is 1. The van der Waals surface area contributed by atoms with Crippen molar-refractivity contribution in [1.29, 1.82) is 0 Å². The molecule has 6 atom stereocenters. The quantitative estimate of drug-likeness (QED) is 0.675. The summed E-state index contributed by atoms with van der Waals surface area (Å²) < 4.78 is 5.77. The second-order valence-electron chi connectivity index (χ2n) is 12.6. The van der Waals surface area contributed by atoms with Crippen LogP contribution in [0, 0.1) is 17.3 Å². The number of piperidine rings is 1. The third kappa shape index (κ3) is 3.02. The third-order valence-corrected chi connectivity index (χ3v) is 11.4. The smallest absolute Gasteiger partial charge is 0.270 e. The highest BCUT2D eigenvalue weighted by molar-refractivity contribution is 5.92. The Morgan fingerprint density at radius 3 is 2.73 bits per heavy atom. The summed E-state index contributed by atoms with van der Waals surface area (Å²) in [7, 11) is 3.73. The summed E-state index contributed by atoms with van der Waals surface area (Å²) in [6.45, 7) is 3.61. The van der Waals surface area contributed by atoms with E-state index in [4.69, 9.17) is 4.74 Å². The topological polar surface area (TPSA) is 65.6 Å². The van der Waals surface area contributed by atoms with Crippen LogP contribution < -0.4 is 10.3 Å². The number of aromatic nitrogens is 1. The van der Waals surface area contributed by atoms with Crippen molar-refractivity contribution in [3.8, 4) is 5.75 Å². The van der Waals surface area contributed by atoms with Crippen LogP contribution in [0.4, 0.5) is 0 Å². The van der Waals surface area contributed by atoms with Gasteiger partial charge in [-0.25, -0.2) is 0 Å². The number of hydrogen-bond donors (Lipinski definition) is 1. The van der Waals surface area contributed by atoms with Crippen LogP contribution >= 0.6 is 0 Å². The minimum atomic E-state index is -0.228. The molecular weight excluding hydrogens is 462 g/mol. The predicted octanol–water partition coefficient (Wildman–Crippen LogP) is 4.38. The van der Waals surface area contributed by atoms with Crippen molar-refractivity contribution in [3.05, 3.63) is 63.6 Å². The van der Waals surface area contributed by atoms with Crippen LogP contribution in [-0.4, -0.2) is 59.5 Å². The zero-order valence-corrected chi connectivity index (χ0v) is 22.3. The summed E-state index contributed by atoms with van der Waals surface area (Å²) in [5, 5.41) is 0. The molecule has 1 aliphatic heterocycles. The Morgan fingerprint density at radius 1 is 1.16 bits per heavy atom. The number of nitrogens with one attached hydrogen (secondary N) is 1. The van der Waals surface area contributed by atoms with Gasteiger partial charge < -0.3 is 14.6 Å². The Kier molecular flexibility index (Phi) is 5.21. The maximum absolute atomic E-state index is 13.7. The van der Waals surface area contributed by atoms with E-state index in [1.54, 1.807) is 19.2 Å². The lowest BCUT2D eigenvalue weighted by atomic mass is 9.43. The fourth-order valence-corrected chi connectivity index (χ4v) is 10.00. The van der Waals surface area contributed by atoms with Gasteiger partial charge in [-0.3, -0.25) is 14.5 Å². The number of H-pyrrole nitrogens is 1. The number of benzene rings is 1. The van der Waals surface area contributed by atoms with Gasteiger partial charge in [0.15, 0.2) is 0 Å². The molecule has 5 unspecified atom stereocenters. The molecule has 2 aromatic rings. The number of carbonyl (C=O) groups excluding carboxylic acids is 1. The molecule has 4 fully saturated rings. The molecule has 1 aromatic heterocycles. The average Bonchev–Trinajstić information content (AvgIpc) is 3.04. The number of rotatable bonds is 4. The molecule has 6 heteroatoms. The summed E-state index contributed by atoms with van der Waals surface area (Å²) in [6, 6.07) is 13.2. The third-order valence-electron chi connectivity index (χ3n) is 11.4. The van der Waals surface area contributed by atoms with Crippen LogP contribution in [0.2, 0.25) is 0 Å². The highest BCUT2D eigenvalue weighted by Gasteiger charge is 2.74. The molecule has 6 nitrogen and oxygen atoms in total. The molecule has 1 amide bonds. The van der Waals surface area contributed by atoms with E-state index >= 15 is 0 Å². The minimum Gasteiger partial charge on any atom is -0.497 e. The van der Waals surface area contributed by atoms with Crippen LogP contribution in [0.1, 0.15) is 73.5 Å². The van der Waals surface area contributed by atoms with E-state index in [9.17, 15) is 9.59 Å². The molecule has 0 radical (unpaired) electrons. The lowest BCUT2D eigenvalue weighted by Crippen LogP contribution is -2.71. The first-order chi connectivity index (χ1) is 17.9. The van der Waals surface area contributed by atoms with Crippen molar-refractivity contribution < 1.29 is 9.53 Å². The molecule has 7 rings (SSSR count). The first kappa shape index (κ1) is 23.5. The van der Waals surface area contributed by atoms with Crippen molar-refractivity contribution in [2.75, 3.05) is 20.7 Å². The molecule has 37 heavy (non-hydrogen) atoms. The van der Waals surface area contributed by atoms with E-state index < -0.39 is 0 Å². The number of fused-ring (bicyclic) bond motifs is 1. The zero-order chi connectivity index (χ0) is 25.5. The average molecular weight is 502 g/mol. The molecule has 3 saturated carbocycles. The summed E-state index contributed by atoms with van der Waals surface area (Å²) in [5.74, 6) is 1.79.